The molecule has 2 fully saturated rings. The van der Waals surface area contributed by atoms with E-state index in [1.807, 2.05) is 0 Å². The van der Waals surface area contributed by atoms with Gasteiger partial charge < -0.3 is 10.2 Å². The van der Waals surface area contributed by atoms with Crippen LogP contribution in [0, 0.1) is 11.8 Å². The van der Waals surface area contributed by atoms with Gasteiger partial charge in [0, 0.05) is 31.8 Å². The second kappa shape index (κ2) is 4.21. The van der Waals surface area contributed by atoms with Gasteiger partial charge in [-0.25, -0.2) is 0 Å². The number of carbonyl (C=O) groups is 1. The van der Waals surface area contributed by atoms with Gasteiger partial charge in [0.1, 0.15) is 0 Å². The number of allylic oxidation sites excluding steroid dienone is 1. The zero-order valence-corrected chi connectivity index (χ0v) is 9.74. The Morgan fingerprint density at radius 3 is 2.62 bits per heavy atom. The van der Waals surface area contributed by atoms with E-state index in [-0.39, 0.29) is 0 Å². The summed E-state index contributed by atoms with van der Waals surface area (Å²) in [7, 11) is 0. The van der Waals surface area contributed by atoms with Gasteiger partial charge in [-0.15, -0.1) is 0 Å². The highest BCUT2D eigenvalue weighted by Gasteiger charge is 2.38. The molecule has 1 aliphatic carbocycles. The fourth-order valence-corrected chi connectivity index (χ4v) is 3.26. The first-order valence-corrected chi connectivity index (χ1v) is 6.53. The fraction of sp³-hybridized carbons (Fsp3) is 0.769. The van der Waals surface area contributed by atoms with E-state index in [0.717, 1.165) is 44.6 Å². The van der Waals surface area contributed by atoms with Gasteiger partial charge in [0.2, 0.25) is 5.91 Å². The number of hydrogen-bond acceptors (Lipinski definition) is 2. The lowest BCUT2D eigenvalue weighted by atomic mass is 9.99. The number of hydrogen-bond donors (Lipinski definition) is 1. The van der Waals surface area contributed by atoms with Crippen molar-refractivity contribution in [1.82, 2.24) is 10.2 Å². The van der Waals surface area contributed by atoms with Gasteiger partial charge in [-0.2, -0.15) is 0 Å². The SMILES string of the molecule is O=C(C1=CCCCC1)N1C[C@H]2CNC[C@H]2C1. The molecule has 0 aromatic rings. The summed E-state index contributed by atoms with van der Waals surface area (Å²) in [5.41, 5.74) is 1.08. The van der Waals surface area contributed by atoms with E-state index in [2.05, 4.69) is 16.3 Å². The minimum Gasteiger partial charge on any atom is -0.338 e. The van der Waals surface area contributed by atoms with Crippen LogP contribution < -0.4 is 5.32 Å². The second-order valence-corrected chi connectivity index (χ2v) is 5.36. The molecule has 2 atom stereocenters. The molecule has 2 heterocycles. The van der Waals surface area contributed by atoms with Crippen LogP contribution in [-0.4, -0.2) is 37.0 Å². The smallest absolute Gasteiger partial charge is 0.249 e. The molecule has 0 unspecified atom stereocenters. The maximum absolute atomic E-state index is 12.3. The predicted molar refractivity (Wildman–Crippen MR) is 63.0 cm³/mol. The lowest BCUT2D eigenvalue weighted by Gasteiger charge is -2.21. The third-order valence-electron chi connectivity index (χ3n) is 4.24. The minimum atomic E-state index is 0.328. The Morgan fingerprint density at radius 1 is 1.25 bits per heavy atom. The Balaban J connectivity index is 1.65. The topological polar surface area (TPSA) is 32.3 Å². The first kappa shape index (κ1) is 10.3. The highest BCUT2D eigenvalue weighted by molar-refractivity contribution is 5.93. The van der Waals surface area contributed by atoms with E-state index in [9.17, 15) is 4.79 Å². The van der Waals surface area contributed by atoms with Crippen LogP contribution in [0.4, 0.5) is 0 Å². The van der Waals surface area contributed by atoms with Gasteiger partial charge in [-0.1, -0.05) is 6.08 Å². The molecule has 0 radical (unpaired) electrons. The summed E-state index contributed by atoms with van der Waals surface area (Å²) in [4.78, 5) is 14.4. The fourth-order valence-electron chi connectivity index (χ4n) is 3.26. The maximum atomic E-state index is 12.3. The van der Waals surface area contributed by atoms with Gasteiger partial charge in [-0.05, 0) is 37.5 Å². The van der Waals surface area contributed by atoms with Crippen molar-refractivity contribution in [3.05, 3.63) is 11.6 Å². The highest BCUT2D eigenvalue weighted by atomic mass is 16.2. The van der Waals surface area contributed by atoms with E-state index in [1.165, 1.54) is 12.8 Å². The molecular weight excluding hydrogens is 200 g/mol. The third-order valence-corrected chi connectivity index (χ3v) is 4.24. The van der Waals surface area contributed by atoms with E-state index >= 15 is 0 Å². The number of nitrogens with one attached hydrogen (secondary N) is 1. The molecule has 2 saturated heterocycles. The molecule has 2 aliphatic heterocycles. The number of likely N-dealkylation sites (tertiary alicyclic amines) is 1. The van der Waals surface area contributed by atoms with Crippen molar-refractivity contribution in [1.29, 1.82) is 0 Å². The Morgan fingerprint density at radius 2 is 2.00 bits per heavy atom. The first-order chi connectivity index (χ1) is 7.84. The first-order valence-electron chi connectivity index (χ1n) is 6.53. The number of nitrogens with zero attached hydrogens (tertiary/aromatic N) is 1. The molecule has 16 heavy (non-hydrogen) atoms. The number of amides is 1. The van der Waals surface area contributed by atoms with E-state index in [4.69, 9.17) is 0 Å². The molecule has 0 saturated carbocycles. The molecule has 3 aliphatic rings. The molecule has 1 N–H and O–H groups in total. The summed E-state index contributed by atoms with van der Waals surface area (Å²) in [6.45, 7) is 4.17. The van der Waals surface area contributed by atoms with Gasteiger partial charge in [-0.3, -0.25) is 4.79 Å². The van der Waals surface area contributed by atoms with Crippen LogP contribution in [0.3, 0.4) is 0 Å². The Bertz CT molecular complexity index is 312. The lowest BCUT2D eigenvalue weighted by molar-refractivity contribution is -0.126. The van der Waals surface area contributed by atoms with E-state index in [0.29, 0.717) is 17.7 Å². The summed E-state index contributed by atoms with van der Waals surface area (Å²) in [5.74, 6) is 1.76. The quantitative estimate of drug-likeness (QED) is 0.719. The van der Waals surface area contributed by atoms with Crippen LogP contribution in [0.1, 0.15) is 25.7 Å². The molecule has 0 bridgehead atoms. The predicted octanol–water partition coefficient (Wildman–Crippen LogP) is 1.16. The molecule has 1 amide bonds. The highest BCUT2D eigenvalue weighted by Crippen LogP contribution is 2.29. The third kappa shape index (κ3) is 1.77. The van der Waals surface area contributed by atoms with Gasteiger partial charge in [0.15, 0.2) is 0 Å². The molecule has 3 nitrogen and oxygen atoms in total. The zero-order valence-electron chi connectivity index (χ0n) is 9.74. The van der Waals surface area contributed by atoms with Crippen LogP contribution in [0.25, 0.3) is 0 Å². The van der Waals surface area contributed by atoms with Crippen molar-refractivity contribution in [2.75, 3.05) is 26.2 Å². The lowest BCUT2D eigenvalue weighted by Crippen LogP contribution is -2.33. The van der Waals surface area contributed by atoms with Crippen LogP contribution in [0.2, 0.25) is 0 Å². The Kier molecular flexibility index (Phi) is 2.72. The van der Waals surface area contributed by atoms with Crippen molar-refractivity contribution in [2.45, 2.75) is 25.7 Å². The maximum Gasteiger partial charge on any atom is 0.249 e. The summed E-state index contributed by atoms with van der Waals surface area (Å²) < 4.78 is 0. The van der Waals surface area contributed by atoms with Crippen LogP contribution in [0.15, 0.2) is 11.6 Å². The van der Waals surface area contributed by atoms with Crippen LogP contribution in [0.5, 0.6) is 0 Å². The molecule has 3 rings (SSSR count). The molecule has 3 heteroatoms. The standard InChI is InChI=1S/C13H20N2O/c16-13(10-4-2-1-3-5-10)15-8-11-6-14-7-12(11)9-15/h4,11-12,14H,1-3,5-9H2/t11-,12+. The monoisotopic (exact) mass is 220 g/mol. The molecule has 0 aromatic heterocycles. The van der Waals surface area contributed by atoms with Crippen molar-refractivity contribution < 1.29 is 4.79 Å². The summed E-state index contributed by atoms with van der Waals surface area (Å²) in [6.07, 6.45) is 6.72. The van der Waals surface area contributed by atoms with Crippen molar-refractivity contribution in [3.8, 4) is 0 Å². The molecule has 0 spiro atoms. The number of rotatable bonds is 1. The molecule has 0 aromatic carbocycles. The average molecular weight is 220 g/mol. The van der Waals surface area contributed by atoms with Crippen LogP contribution in [-0.2, 0) is 4.79 Å². The van der Waals surface area contributed by atoms with Crippen LogP contribution >= 0.6 is 0 Å². The van der Waals surface area contributed by atoms with Gasteiger partial charge >= 0.3 is 0 Å². The van der Waals surface area contributed by atoms with Crippen molar-refractivity contribution in [2.24, 2.45) is 11.8 Å². The molecular formula is C13H20N2O. The van der Waals surface area contributed by atoms with E-state index in [1.54, 1.807) is 0 Å². The average Bonchev–Trinajstić information content (AvgIpc) is 2.89. The normalized spacial score (nSPS) is 33.8. The van der Waals surface area contributed by atoms with Crippen molar-refractivity contribution in [3.63, 3.8) is 0 Å². The Labute approximate surface area is 96.9 Å². The summed E-state index contributed by atoms with van der Waals surface area (Å²) in [6, 6.07) is 0. The Hall–Kier alpha value is -0.830. The number of fused-ring (bicyclic) bond motifs is 1. The zero-order chi connectivity index (χ0) is 11.0. The molecule has 88 valence electrons. The number of carbonyl (C=O) groups excluding carboxylic acids is 1. The summed E-state index contributed by atoms with van der Waals surface area (Å²) in [5, 5.41) is 3.41. The summed E-state index contributed by atoms with van der Waals surface area (Å²) >= 11 is 0. The second-order valence-electron chi connectivity index (χ2n) is 5.36. The van der Waals surface area contributed by atoms with E-state index < -0.39 is 0 Å². The van der Waals surface area contributed by atoms with Gasteiger partial charge in [0.25, 0.3) is 0 Å². The van der Waals surface area contributed by atoms with Gasteiger partial charge in [0.05, 0.1) is 0 Å². The van der Waals surface area contributed by atoms with Crippen molar-refractivity contribution >= 4 is 5.91 Å². The largest absolute Gasteiger partial charge is 0.338 e. The minimum absolute atomic E-state index is 0.328.